The lowest BCUT2D eigenvalue weighted by atomic mass is 9.97. The molecule has 4 rings (SSSR count). The molecule has 0 unspecified atom stereocenters. The average molecular weight is 458 g/mol. The number of rotatable bonds is 8. The number of aromatic nitrogens is 1. The van der Waals surface area contributed by atoms with Gasteiger partial charge >= 0.3 is 0 Å². The van der Waals surface area contributed by atoms with Gasteiger partial charge in [-0.2, -0.15) is 5.26 Å². The Labute approximate surface area is 197 Å². The van der Waals surface area contributed by atoms with E-state index < -0.39 is 12.0 Å². The summed E-state index contributed by atoms with van der Waals surface area (Å²) in [4.78, 5) is 30.2. The molecule has 34 heavy (non-hydrogen) atoms. The van der Waals surface area contributed by atoms with Gasteiger partial charge < -0.3 is 4.74 Å². The summed E-state index contributed by atoms with van der Waals surface area (Å²) in [6, 6.07) is 17.7. The van der Waals surface area contributed by atoms with Gasteiger partial charge in [-0.05, 0) is 41.7 Å². The van der Waals surface area contributed by atoms with Gasteiger partial charge in [-0.15, -0.1) is 0 Å². The zero-order chi connectivity index (χ0) is 24.1. The summed E-state index contributed by atoms with van der Waals surface area (Å²) in [6.45, 7) is 2.02. The second-order valence-corrected chi connectivity index (χ2v) is 8.27. The number of amides is 2. The Morgan fingerprint density at radius 3 is 2.44 bits per heavy atom. The molecule has 0 spiro atoms. The quantitative estimate of drug-likeness (QED) is 0.434. The van der Waals surface area contributed by atoms with Crippen LogP contribution in [0.1, 0.15) is 49.7 Å². The Hall–Kier alpha value is -4.05. The Morgan fingerprint density at radius 1 is 1.06 bits per heavy atom. The first-order chi connectivity index (χ1) is 16.5. The van der Waals surface area contributed by atoms with E-state index in [1.165, 1.54) is 6.07 Å². The summed E-state index contributed by atoms with van der Waals surface area (Å²) >= 11 is 0. The van der Waals surface area contributed by atoms with Crippen LogP contribution >= 0.6 is 0 Å². The van der Waals surface area contributed by atoms with Crippen LogP contribution < -0.4 is 4.74 Å². The van der Waals surface area contributed by atoms with Crippen molar-refractivity contribution in [3.05, 3.63) is 83.9 Å². The Bertz CT molecular complexity index is 1210. The van der Waals surface area contributed by atoms with Crippen molar-refractivity contribution in [3.8, 4) is 22.9 Å². The van der Waals surface area contributed by atoms with Crippen LogP contribution in [-0.4, -0.2) is 27.9 Å². The lowest BCUT2D eigenvalue weighted by molar-refractivity contribution is -0.148. The number of benzene rings is 2. The van der Waals surface area contributed by atoms with Crippen molar-refractivity contribution in [1.82, 2.24) is 9.88 Å². The van der Waals surface area contributed by atoms with Gasteiger partial charge in [0, 0.05) is 37.2 Å². The zero-order valence-electron chi connectivity index (χ0n) is 18.8. The Balaban J connectivity index is 1.62. The zero-order valence-corrected chi connectivity index (χ0v) is 18.8. The van der Waals surface area contributed by atoms with Crippen LogP contribution in [-0.2, 0) is 9.59 Å². The van der Waals surface area contributed by atoms with E-state index in [0.29, 0.717) is 18.4 Å². The summed E-state index contributed by atoms with van der Waals surface area (Å²) in [5, 5.41) is 9.70. The molecule has 2 amide bonds. The molecule has 2 atom stereocenters. The predicted octanol–water partition coefficient (Wildman–Crippen LogP) is 5.20. The van der Waals surface area contributed by atoms with Crippen molar-refractivity contribution in [2.24, 2.45) is 0 Å². The molecule has 0 aliphatic carbocycles. The molecule has 1 saturated heterocycles. The van der Waals surface area contributed by atoms with Crippen molar-refractivity contribution in [2.45, 2.75) is 44.8 Å². The molecule has 172 valence electrons. The van der Waals surface area contributed by atoms with E-state index in [-0.39, 0.29) is 47.5 Å². The number of likely N-dealkylation sites (tertiary alicyclic amines) is 1. The fraction of sp³-hybridized carbons (Fsp3) is 0.259. The molecular formula is C27H24FN3O3. The van der Waals surface area contributed by atoms with E-state index in [0.717, 1.165) is 10.5 Å². The third kappa shape index (κ3) is 4.81. The summed E-state index contributed by atoms with van der Waals surface area (Å²) in [5.41, 5.74) is 1.68. The molecule has 1 aliphatic rings. The average Bonchev–Trinajstić information content (AvgIpc) is 3.20. The third-order valence-corrected chi connectivity index (χ3v) is 6.04. The van der Waals surface area contributed by atoms with Gasteiger partial charge in [-0.1, -0.05) is 43.3 Å². The maximum Gasteiger partial charge on any atom is 0.232 e. The minimum Gasteiger partial charge on any atom is -0.468 e. The van der Waals surface area contributed by atoms with E-state index in [2.05, 4.69) is 4.98 Å². The highest BCUT2D eigenvalue weighted by molar-refractivity contribution is 6.02. The van der Waals surface area contributed by atoms with E-state index in [9.17, 15) is 14.9 Å². The van der Waals surface area contributed by atoms with Gasteiger partial charge in [0.1, 0.15) is 17.4 Å². The van der Waals surface area contributed by atoms with Crippen molar-refractivity contribution in [2.75, 3.05) is 0 Å². The van der Waals surface area contributed by atoms with Crippen molar-refractivity contribution in [3.63, 3.8) is 0 Å². The van der Waals surface area contributed by atoms with Crippen LogP contribution in [0.4, 0.5) is 4.39 Å². The SMILES string of the molecule is C[C@@H](CC[C@H](Oc1ccc(-c2ccccc2)c(F)c1C#N)N1C(=O)CCC1=O)c1cccnc1. The number of hydrogen-bond donors (Lipinski definition) is 0. The standard InChI is InChI=1S/C27H24FN3O3/c1-18(20-8-5-15-30-17-20)9-14-26(31-24(32)12-13-25(31)33)34-23-11-10-21(27(28)22(23)16-29)19-6-3-2-4-7-19/h2-8,10-11,15,17-18,26H,9,12-14H2,1H3/t18-,26-/m0/s1. The topological polar surface area (TPSA) is 83.3 Å². The largest absolute Gasteiger partial charge is 0.468 e. The first kappa shape index (κ1) is 23.1. The summed E-state index contributed by atoms with van der Waals surface area (Å²) in [6.07, 6.45) is 3.70. The smallest absolute Gasteiger partial charge is 0.232 e. The highest BCUT2D eigenvalue weighted by Gasteiger charge is 2.37. The summed E-state index contributed by atoms with van der Waals surface area (Å²) < 4.78 is 21.3. The number of carbonyl (C=O) groups excluding carboxylic acids is 2. The molecule has 1 fully saturated rings. The normalized spacial score (nSPS) is 15.1. The lowest BCUT2D eigenvalue weighted by Crippen LogP contribution is -2.43. The molecule has 0 saturated carbocycles. The van der Waals surface area contributed by atoms with Gasteiger partial charge in [0.2, 0.25) is 11.8 Å². The number of ether oxygens (including phenoxy) is 1. The maximum atomic E-state index is 15.3. The van der Waals surface area contributed by atoms with Crippen LogP contribution in [0.3, 0.4) is 0 Å². The van der Waals surface area contributed by atoms with Crippen molar-refractivity contribution < 1.29 is 18.7 Å². The fourth-order valence-corrected chi connectivity index (χ4v) is 4.13. The van der Waals surface area contributed by atoms with Crippen LogP contribution in [0.25, 0.3) is 11.1 Å². The molecule has 2 heterocycles. The van der Waals surface area contributed by atoms with Gasteiger partial charge in [-0.3, -0.25) is 14.6 Å². The molecule has 1 aromatic heterocycles. The lowest BCUT2D eigenvalue weighted by Gasteiger charge is -2.28. The number of nitriles is 1. The minimum absolute atomic E-state index is 0.00575. The molecule has 2 aromatic carbocycles. The van der Waals surface area contributed by atoms with E-state index >= 15 is 4.39 Å². The molecule has 1 aliphatic heterocycles. The number of nitrogens with zero attached hydrogens (tertiary/aromatic N) is 3. The first-order valence-electron chi connectivity index (χ1n) is 11.2. The number of carbonyl (C=O) groups is 2. The molecule has 0 bridgehead atoms. The number of hydrogen-bond acceptors (Lipinski definition) is 5. The second kappa shape index (κ2) is 10.3. The second-order valence-electron chi connectivity index (χ2n) is 8.27. The highest BCUT2D eigenvalue weighted by atomic mass is 19.1. The number of pyridine rings is 1. The van der Waals surface area contributed by atoms with Crippen LogP contribution in [0.5, 0.6) is 5.75 Å². The monoisotopic (exact) mass is 457 g/mol. The minimum atomic E-state index is -0.935. The van der Waals surface area contributed by atoms with Gasteiger partial charge in [0.05, 0.1) is 0 Å². The molecule has 7 heteroatoms. The Morgan fingerprint density at radius 2 is 1.79 bits per heavy atom. The van der Waals surface area contributed by atoms with Crippen LogP contribution in [0.2, 0.25) is 0 Å². The van der Waals surface area contributed by atoms with E-state index in [1.54, 1.807) is 42.7 Å². The number of halogens is 1. The van der Waals surface area contributed by atoms with Crippen molar-refractivity contribution >= 4 is 11.8 Å². The van der Waals surface area contributed by atoms with Crippen molar-refractivity contribution in [1.29, 1.82) is 5.26 Å². The molecule has 0 radical (unpaired) electrons. The number of imide groups is 1. The van der Waals surface area contributed by atoms with E-state index in [4.69, 9.17) is 4.74 Å². The molecule has 3 aromatic rings. The van der Waals surface area contributed by atoms with Crippen LogP contribution in [0, 0.1) is 17.1 Å². The van der Waals surface area contributed by atoms with Gasteiger partial charge in [0.25, 0.3) is 0 Å². The van der Waals surface area contributed by atoms with Gasteiger partial charge in [0.15, 0.2) is 12.0 Å². The van der Waals surface area contributed by atoms with Gasteiger partial charge in [-0.25, -0.2) is 9.29 Å². The summed E-state index contributed by atoms with van der Waals surface area (Å²) in [7, 11) is 0. The van der Waals surface area contributed by atoms with Crippen LogP contribution in [0.15, 0.2) is 67.0 Å². The highest BCUT2D eigenvalue weighted by Crippen LogP contribution is 2.33. The Kier molecular flexibility index (Phi) is 6.98. The molecule has 6 nitrogen and oxygen atoms in total. The first-order valence-corrected chi connectivity index (χ1v) is 11.2. The summed E-state index contributed by atoms with van der Waals surface area (Å²) in [5.74, 6) is -1.26. The fourth-order valence-electron chi connectivity index (χ4n) is 4.13. The third-order valence-electron chi connectivity index (χ3n) is 6.04. The molecular weight excluding hydrogens is 433 g/mol. The predicted molar refractivity (Wildman–Crippen MR) is 124 cm³/mol. The molecule has 0 N–H and O–H groups in total. The maximum absolute atomic E-state index is 15.3. The van der Waals surface area contributed by atoms with E-state index in [1.807, 2.05) is 31.2 Å².